The Morgan fingerprint density at radius 2 is 1.04 bits per heavy atom. The van der Waals surface area contributed by atoms with Crippen molar-refractivity contribution in [2.75, 3.05) is 0 Å². The van der Waals surface area contributed by atoms with Crippen LogP contribution in [0.1, 0.15) is 20.7 Å². The summed E-state index contributed by atoms with van der Waals surface area (Å²) in [5, 5.41) is 0. The Balaban J connectivity index is 1.67. The third-order valence-corrected chi connectivity index (χ3v) is 4.43. The Hall–Kier alpha value is -3.21. The first-order valence-corrected chi connectivity index (χ1v) is 9.45. The van der Waals surface area contributed by atoms with Crippen molar-refractivity contribution in [3.8, 4) is 11.1 Å². The van der Waals surface area contributed by atoms with Crippen LogP contribution in [0, 0.1) is 0 Å². The molecule has 1 unspecified atom stereocenters. The van der Waals surface area contributed by atoms with Crippen molar-refractivity contribution in [1.82, 2.24) is 0 Å². The highest BCUT2D eigenvalue weighted by Gasteiger charge is 2.31. The molecule has 0 aliphatic heterocycles. The van der Waals surface area contributed by atoms with Gasteiger partial charge in [0.1, 0.15) is 0 Å². The molecule has 0 saturated carbocycles. The molecule has 0 spiro atoms. The van der Waals surface area contributed by atoms with Gasteiger partial charge in [0.15, 0.2) is 0 Å². The maximum atomic E-state index is 12.1. The second-order valence-electron chi connectivity index (χ2n) is 5.54. The number of benzene rings is 3. The molecule has 1 N–H and O–H groups in total. The summed E-state index contributed by atoms with van der Waals surface area (Å²) in [5.74, 6) is -2.13. The van der Waals surface area contributed by atoms with Crippen LogP contribution in [-0.4, -0.2) is 16.8 Å². The highest BCUT2D eigenvalue weighted by molar-refractivity contribution is 7.48. The number of carbonyl (C=O) groups is 2. The third-order valence-electron chi connectivity index (χ3n) is 3.63. The SMILES string of the molecule is O=C(OP(=O)(O)OC(=O)c1ccc(-c2ccccc2)cc1)c1ccccc1. The second-order valence-corrected chi connectivity index (χ2v) is 6.84. The minimum atomic E-state index is -4.90. The summed E-state index contributed by atoms with van der Waals surface area (Å²) in [7, 11) is -4.90. The van der Waals surface area contributed by atoms with Crippen molar-refractivity contribution in [1.29, 1.82) is 0 Å². The summed E-state index contributed by atoms with van der Waals surface area (Å²) in [6.07, 6.45) is 0. The number of carbonyl (C=O) groups excluding carboxylic acids is 2. The summed E-state index contributed by atoms with van der Waals surface area (Å²) < 4.78 is 20.9. The maximum absolute atomic E-state index is 12.1. The Morgan fingerprint density at radius 3 is 1.56 bits per heavy atom. The van der Waals surface area contributed by atoms with Crippen LogP contribution in [0.4, 0.5) is 0 Å². The number of phosphoric acid groups is 1. The van der Waals surface area contributed by atoms with Crippen LogP contribution in [0.25, 0.3) is 11.1 Å². The molecular weight excluding hydrogens is 367 g/mol. The first kappa shape index (κ1) is 18.6. The Kier molecular flexibility index (Phi) is 5.50. The van der Waals surface area contributed by atoms with E-state index in [1.54, 1.807) is 30.3 Å². The van der Waals surface area contributed by atoms with Crippen LogP contribution < -0.4 is 0 Å². The highest BCUT2D eigenvalue weighted by atomic mass is 31.2. The summed E-state index contributed by atoms with van der Waals surface area (Å²) in [5.41, 5.74) is 1.95. The van der Waals surface area contributed by atoms with Crippen LogP contribution in [0.3, 0.4) is 0 Å². The molecule has 3 aromatic carbocycles. The van der Waals surface area contributed by atoms with Gasteiger partial charge in [0.2, 0.25) is 0 Å². The fourth-order valence-electron chi connectivity index (χ4n) is 2.34. The molecule has 0 saturated heterocycles. The van der Waals surface area contributed by atoms with E-state index in [9.17, 15) is 19.0 Å². The van der Waals surface area contributed by atoms with Gasteiger partial charge in [-0.15, -0.1) is 0 Å². The Bertz CT molecular complexity index is 984. The van der Waals surface area contributed by atoms with Crippen molar-refractivity contribution < 1.29 is 28.1 Å². The van der Waals surface area contributed by atoms with E-state index in [1.807, 2.05) is 30.3 Å². The fourth-order valence-corrected chi connectivity index (χ4v) is 3.00. The standard InChI is InChI=1S/C20H15O6P/c21-19(17-9-5-2-6-10-17)25-27(23,24)26-20(22)18-13-11-16(12-14-18)15-7-3-1-4-8-15/h1-14H,(H,23,24). The van der Waals surface area contributed by atoms with E-state index >= 15 is 0 Å². The van der Waals surface area contributed by atoms with Crippen molar-refractivity contribution in [3.63, 3.8) is 0 Å². The van der Waals surface area contributed by atoms with Crippen LogP contribution in [-0.2, 0) is 13.6 Å². The molecule has 0 aliphatic rings. The lowest BCUT2D eigenvalue weighted by Crippen LogP contribution is -2.09. The summed E-state index contributed by atoms with van der Waals surface area (Å²) in [6, 6.07) is 23.4. The molecule has 0 fully saturated rings. The minimum absolute atomic E-state index is 0.0553. The van der Waals surface area contributed by atoms with Crippen molar-refractivity contribution >= 4 is 19.8 Å². The van der Waals surface area contributed by atoms with Gasteiger partial charge in [-0.1, -0.05) is 60.7 Å². The van der Waals surface area contributed by atoms with Crippen molar-refractivity contribution in [3.05, 3.63) is 96.1 Å². The Morgan fingerprint density at radius 1 is 0.630 bits per heavy atom. The maximum Gasteiger partial charge on any atom is 0.589 e. The topological polar surface area (TPSA) is 89.9 Å². The monoisotopic (exact) mass is 382 g/mol. The molecule has 3 rings (SSSR count). The van der Waals surface area contributed by atoms with E-state index in [4.69, 9.17) is 0 Å². The molecule has 0 amide bonds. The fraction of sp³-hybridized carbons (Fsp3) is 0. The highest BCUT2D eigenvalue weighted by Crippen LogP contribution is 2.44. The molecule has 0 aromatic heterocycles. The molecule has 6 nitrogen and oxygen atoms in total. The minimum Gasteiger partial charge on any atom is -0.357 e. The lowest BCUT2D eigenvalue weighted by Gasteiger charge is -2.11. The van der Waals surface area contributed by atoms with E-state index in [1.165, 1.54) is 24.3 Å². The number of rotatable bonds is 5. The van der Waals surface area contributed by atoms with E-state index in [0.717, 1.165) is 11.1 Å². The van der Waals surface area contributed by atoms with Gasteiger partial charge >= 0.3 is 19.8 Å². The first-order chi connectivity index (χ1) is 12.9. The number of phosphoric ester groups is 1. The zero-order valence-electron chi connectivity index (χ0n) is 14.0. The first-order valence-electron chi connectivity index (χ1n) is 7.96. The van der Waals surface area contributed by atoms with Gasteiger partial charge in [0.25, 0.3) is 0 Å². The Labute approximate surface area is 155 Å². The normalized spacial score (nSPS) is 12.6. The zero-order valence-corrected chi connectivity index (χ0v) is 14.9. The summed E-state index contributed by atoms with van der Waals surface area (Å²) in [6.45, 7) is 0. The van der Waals surface area contributed by atoms with Crippen LogP contribution in [0.15, 0.2) is 84.9 Å². The quantitative estimate of drug-likeness (QED) is 0.655. The zero-order chi connectivity index (χ0) is 19.3. The van der Waals surface area contributed by atoms with E-state index in [0.29, 0.717) is 0 Å². The molecule has 0 bridgehead atoms. The molecule has 0 heterocycles. The molecule has 136 valence electrons. The predicted molar refractivity (Wildman–Crippen MR) is 99.0 cm³/mol. The number of hydrogen-bond acceptors (Lipinski definition) is 5. The van der Waals surface area contributed by atoms with Gasteiger partial charge in [-0.3, -0.25) is 4.89 Å². The van der Waals surface area contributed by atoms with Crippen molar-refractivity contribution in [2.24, 2.45) is 0 Å². The average molecular weight is 382 g/mol. The van der Waals surface area contributed by atoms with Gasteiger partial charge in [-0.25, -0.2) is 14.2 Å². The third kappa shape index (κ3) is 4.91. The molecule has 3 aromatic rings. The molecule has 7 heteroatoms. The van der Waals surface area contributed by atoms with E-state index in [2.05, 4.69) is 9.05 Å². The van der Waals surface area contributed by atoms with Gasteiger partial charge < -0.3 is 9.05 Å². The molecule has 0 aliphatic carbocycles. The van der Waals surface area contributed by atoms with Crippen LogP contribution >= 0.6 is 7.82 Å². The van der Waals surface area contributed by atoms with E-state index < -0.39 is 19.8 Å². The number of hydrogen-bond donors (Lipinski definition) is 1. The van der Waals surface area contributed by atoms with Crippen LogP contribution in [0.2, 0.25) is 0 Å². The summed E-state index contributed by atoms with van der Waals surface area (Å²) >= 11 is 0. The molecular formula is C20H15O6P. The smallest absolute Gasteiger partial charge is 0.357 e. The van der Waals surface area contributed by atoms with Gasteiger partial charge in [-0.2, -0.15) is 0 Å². The van der Waals surface area contributed by atoms with Gasteiger partial charge in [-0.05, 0) is 35.4 Å². The predicted octanol–water partition coefficient (Wildman–Crippen LogP) is 4.47. The largest absolute Gasteiger partial charge is 0.589 e. The van der Waals surface area contributed by atoms with E-state index in [-0.39, 0.29) is 11.1 Å². The lowest BCUT2D eigenvalue weighted by atomic mass is 10.0. The second kappa shape index (κ2) is 7.99. The van der Waals surface area contributed by atoms with Gasteiger partial charge in [0.05, 0.1) is 11.1 Å². The summed E-state index contributed by atoms with van der Waals surface area (Å²) in [4.78, 5) is 33.6. The lowest BCUT2D eigenvalue weighted by molar-refractivity contribution is 0.0566. The molecule has 27 heavy (non-hydrogen) atoms. The average Bonchev–Trinajstić information content (AvgIpc) is 2.68. The molecule has 0 radical (unpaired) electrons. The van der Waals surface area contributed by atoms with Crippen molar-refractivity contribution in [2.45, 2.75) is 0 Å². The molecule has 1 atom stereocenters. The van der Waals surface area contributed by atoms with Gasteiger partial charge in [0, 0.05) is 0 Å². The van der Waals surface area contributed by atoms with Crippen LogP contribution in [0.5, 0.6) is 0 Å².